The van der Waals surface area contributed by atoms with Crippen LogP contribution in [0.5, 0.6) is 0 Å². The topological polar surface area (TPSA) is 74.6 Å². The molecule has 0 aromatic rings. The Balaban J connectivity index is 3.18. The molecule has 0 aliphatic heterocycles. The molecule has 88 valence electrons. The molecule has 0 bridgehead atoms. The van der Waals surface area contributed by atoms with E-state index in [-0.39, 0.29) is 17.9 Å². The fourth-order valence-corrected chi connectivity index (χ4v) is 1.79. The third-order valence-corrected chi connectivity index (χ3v) is 2.89. The van der Waals surface area contributed by atoms with Crippen molar-refractivity contribution in [3.8, 4) is 0 Å². The van der Waals surface area contributed by atoms with Gasteiger partial charge in [-0.3, -0.25) is 4.79 Å². The maximum atomic E-state index is 11.1. The predicted molar refractivity (Wildman–Crippen MR) is 59.0 cm³/mol. The lowest BCUT2D eigenvalue weighted by atomic mass is 9.76. The van der Waals surface area contributed by atoms with Gasteiger partial charge in [0.25, 0.3) is 0 Å². The Labute approximate surface area is 94.3 Å². The van der Waals surface area contributed by atoms with Crippen LogP contribution in [0.2, 0.25) is 0 Å². The standard InChI is InChI=1S/C12H16O4/c1-7(2)8-4-5-12(3,11(15)16)6-9(8)10(13)14/h4-5,7H,6H2,1-3H3,(H,13,14)(H,15,16). The summed E-state index contributed by atoms with van der Waals surface area (Å²) in [6, 6.07) is 0. The molecule has 0 spiro atoms. The van der Waals surface area contributed by atoms with Crippen molar-refractivity contribution in [2.75, 3.05) is 0 Å². The van der Waals surface area contributed by atoms with Crippen LogP contribution >= 0.6 is 0 Å². The highest BCUT2D eigenvalue weighted by atomic mass is 16.4. The minimum Gasteiger partial charge on any atom is -0.481 e. The molecule has 0 aromatic carbocycles. The number of aliphatic carboxylic acids is 2. The minimum absolute atomic E-state index is 0.0433. The smallest absolute Gasteiger partial charge is 0.331 e. The first-order chi connectivity index (χ1) is 7.28. The number of allylic oxidation sites excluding steroid dienone is 2. The molecule has 0 saturated heterocycles. The number of carboxylic acids is 2. The molecule has 0 amide bonds. The van der Waals surface area contributed by atoms with E-state index >= 15 is 0 Å². The van der Waals surface area contributed by atoms with Crippen LogP contribution in [0.25, 0.3) is 0 Å². The lowest BCUT2D eigenvalue weighted by Gasteiger charge is -2.27. The Bertz CT molecular complexity index is 390. The van der Waals surface area contributed by atoms with E-state index in [4.69, 9.17) is 10.2 Å². The van der Waals surface area contributed by atoms with Gasteiger partial charge in [0.15, 0.2) is 0 Å². The average Bonchev–Trinajstić information content (AvgIpc) is 2.16. The number of carbonyl (C=O) groups is 2. The van der Waals surface area contributed by atoms with Crippen molar-refractivity contribution in [1.82, 2.24) is 0 Å². The molecule has 1 aliphatic rings. The third kappa shape index (κ3) is 2.15. The van der Waals surface area contributed by atoms with E-state index in [9.17, 15) is 9.59 Å². The van der Waals surface area contributed by atoms with Gasteiger partial charge in [-0.05, 0) is 24.8 Å². The van der Waals surface area contributed by atoms with Crippen LogP contribution in [0, 0.1) is 11.3 Å². The van der Waals surface area contributed by atoms with Gasteiger partial charge in [-0.25, -0.2) is 4.79 Å². The second-order valence-electron chi connectivity index (χ2n) is 4.63. The van der Waals surface area contributed by atoms with Gasteiger partial charge in [-0.2, -0.15) is 0 Å². The van der Waals surface area contributed by atoms with E-state index in [1.807, 2.05) is 13.8 Å². The summed E-state index contributed by atoms with van der Waals surface area (Å²) in [5, 5.41) is 18.1. The first-order valence-electron chi connectivity index (χ1n) is 5.17. The molecular formula is C12H16O4. The van der Waals surface area contributed by atoms with Gasteiger partial charge in [0.1, 0.15) is 0 Å². The lowest BCUT2D eigenvalue weighted by Crippen LogP contribution is -2.30. The van der Waals surface area contributed by atoms with Crippen LogP contribution < -0.4 is 0 Å². The molecule has 1 rings (SSSR count). The summed E-state index contributed by atoms with van der Waals surface area (Å²) >= 11 is 0. The van der Waals surface area contributed by atoms with E-state index in [0.29, 0.717) is 5.57 Å². The van der Waals surface area contributed by atoms with Crippen LogP contribution in [-0.4, -0.2) is 22.2 Å². The first kappa shape index (κ1) is 12.5. The van der Waals surface area contributed by atoms with Crippen LogP contribution in [0.4, 0.5) is 0 Å². The van der Waals surface area contributed by atoms with Crippen LogP contribution in [0.15, 0.2) is 23.3 Å². The molecule has 4 heteroatoms. The molecule has 1 atom stereocenters. The largest absolute Gasteiger partial charge is 0.481 e. The first-order valence-corrected chi connectivity index (χ1v) is 5.17. The van der Waals surface area contributed by atoms with Crippen molar-refractivity contribution in [1.29, 1.82) is 0 Å². The predicted octanol–water partition coefficient (Wildman–Crippen LogP) is 2.07. The molecule has 1 unspecified atom stereocenters. The molecule has 0 aromatic heterocycles. The van der Waals surface area contributed by atoms with Gasteiger partial charge in [0, 0.05) is 5.57 Å². The van der Waals surface area contributed by atoms with Crippen molar-refractivity contribution in [3.63, 3.8) is 0 Å². The van der Waals surface area contributed by atoms with Crippen molar-refractivity contribution in [2.24, 2.45) is 11.3 Å². The van der Waals surface area contributed by atoms with Gasteiger partial charge in [-0.15, -0.1) is 0 Å². The van der Waals surface area contributed by atoms with Crippen LogP contribution in [0.1, 0.15) is 27.2 Å². The van der Waals surface area contributed by atoms with E-state index in [2.05, 4.69) is 0 Å². The highest BCUT2D eigenvalue weighted by molar-refractivity contribution is 5.91. The van der Waals surface area contributed by atoms with E-state index in [1.54, 1.807) is 12.2 Å². The summed E-state index contributed by atoms with van der Waals surface area (Å²) < 4.78 is 0. The fourth-order valence-electron chi connectivity index (χ4n) is 1.79. The van der Waals surface area contributed by atoms with E-state index < -0.39 is 17.4 Å². The van der Waals surface area contributed by atoms with Crippen LogP contribution in [0.3, 0.4) is 0 Å². The molecule has 0 fully saturated rings. The van der Waals surface area contributed by atoms with Crippen molar-refractivity contribution in [2.45, 2.75) is 27.2 Å². The van der Waals surface area contributed by atoms with Gasteiger partial charge in [-0.1, -0.05) is 26.0 Å². The van der Waals surface area contributed by atoms with Crippen molar-refractivity contribution in [3.05, 3.63) is 23.3 Å². The maximum Gasteiger partial charge on any atom is 0.331 e. The summed E-state index contributed by atoms with van der Waals surface area (Å²) in [6.07, 6.45) is 3.25. The molecule has 16 heavy (non-hydrogen) atoms. The Hall–Kier alpha value is -1.58. The average molecular weight is 224 g/mol. The third-order valence-electron chi connectivity index (χ3n) is 2.89. The fraction of sp³-hybridized carbons (Fsp3) is 0.500. The summed E-state index contributed by atoms with van der Waals surface area (Å²) in [6.45, 7) is 5.32. The van der Waals surface area contributed by atoms with Gasteiger partial charge >= 0.3 is 11.9 Å². The molecule has 0 radical (unpaired) electrons. The molecule has 2 N–H and O–H groups in total. The zero-order valence-corrected chi connectivity index (χ0v) is 9.65. The molecule has 4 nitrogen and oxygen atoms in total. The van der Waals surface area contributed by atoms with Gasteiger partial charge < -0.3 is 10.2 Å². The van der Waals surface area contributed by atoms with E-state index in [0.717, 1.165) is 0 Å². The second-order valence-corrected chi connectivity index (χ2v) is 4.63. The van der Waals surface area contributed by atoms with Gasteiger partial charge in [0.2, 0.25) is 0 Å². The van der Waals surface area contributed by atoms with Crippen molar-refractivity contribution < 1.29 is 19.8 Å². The summed E-state index contributed by atoms with van der Waals surface area (Å²) in [4.78, 5) is 22.1. The number of hydrogen-bond acceptors (Lipinski definition) is 2. The quantitative estimate of drug-likeness (QED) is 0.769. The Morgan fingerprint density at radius 3 is 2.31 bits per heavy atom. The highest BCUT2D eigenvalue weighted by Gasteiger charge is 2.36. The molecule has 0 saturated carbocycles. The zero-order valence-electron chi connectivity index (χ0n) is 9.65. The maximum absolute atomic E-state index is 11.1. The number of carboxylic acid groups (broad SMARTS) is 2. The van der Waals surface area contributed by atoms with Crippen LogP contribution in [-0.2, 0) is 9.59 Å². The number of rotatable bonds is 3. The second kappa shape index (κ2) is 4.12. The molecule has 1 aliphatic carbocycles. The van der Waals surface area contributed by atoms with Crippen molar-refractivity contribution >= 4 is 11.9 Å². The summed E-state index contributed by atoms with van der Waals surface area (Å²) in [5.41, 5.74) is -0.180. The van der Waals surface area contributed by atoms with E-state index in [1.165, 1.54) is 6.92 Å². The Kier molecular flexibility index (Phi) is 3.21. The number of hydrogen-bond donors (Lipinski definition) is 2. The Morgan fingerprint density at radius 2 is 1.94 bits per heavy atom. The molecule has 0 heterocycles. The van der Waals surface area contributed by atoms with Gasteiger partial charge in [0.05, 0.1) is 5.41 Å². The summed E-state index contributed by atoms with van der Waals surface area (Å²) in [5.74, 6) is -1.94. The SMILES string of the molecule is CC(C)C1=C(C(=O)O)CC(C)(C(=O)O)C=C1. The summed E-state index contributed by atoms with van der Waals surface area (Å²) in [7, 11) is 0. The normalized spacial score (nSPS) is 25.0. The highest BCUT2D eigenvalue weighted by Crippen LogP contribution is 2.36. The zero-order chi connectivity index (χ0) is 12.5. The minimum atomic E-state index is -1.11. The lowest BCUT2D eigenvalue weighted by molar-refractivity contribution is -0.145. The Morgan fingerprint density at radius 1 is 1.38 bits per heavy atom. The monoisotopic (exact) mass is 224 g/mol. The molecular weight excluding hydrogens is 208 g/mol.